The standard InChI is InChI=1S/C6H15O15P3/c7-1-4(19-22(10,11)12)2(8)6(21-24(16,17)18)3(9)5(1)20-23(13,14)15/h1-9H,(H2,10,11,12)(H2,13,14,15)(H2,16,17,18)/t1-,2+,3-,4-,5-,6-. The summed E-state index contributed by atoms with van der Waals surface area (Å²) in [7, 11) is -16.2. The Morgan fingerprint density at radius 3 is 0.792 bits per heavy atom. The van der Waals surface area contributed by atoms with Gasteiger partial charge in [-0.25, -0.2) is 13.7 Å². The number of phosphoric acid groups is 3. The van der Waals surface area contributed by atoms with Gasteiger partial charge in [-0.3, -0.25) is 13.6 Å². The van der Waals surface area contributed by atoms with E-state index < -0.39 is 60.1 Å². The van der Waals surface area contributed by atoms with Gasteiger partial charge >= 0.3 is 23.5 Å². The van der Waals surface area contributed by atoms with Gasteiger partial charge in [0.1, 0.15) is 36.6 Å². The highest BCUT2D eigenvalue weighted by atomic mass is 31.2. The first-order chi connectivity index (χ1) is 10.5. The zero-order chi connectivity index (χ0) is 19.1. The third-order valence-corrected chi connectivity index (χ3v) is 4.35. The maximum Gasteiger partial charge on any atom is 0.470 e. The quantitative estimate of drug-likeness (QED) is 0.189. The highest BCUT2D eigenvalue weighted by Gasteiger charge is 2.56. The molecule has 1 aliphatic carbocycles. The first-order valence-electron chi connectivity index (χ1n) is 5.78. The molecule has 1 fully saturated rings. The molecule has 0 aromatic rings. The van der Waals surface area contributed by atoms with Gasteiger partial charge in [-0.1, -0.05) is 0 Å². The van der Waals surface area contributed by atoms with E-state index in [4.69, 9.17) is 29.4 Å². The van der Waals surface area contributed by atoms with Crippen LogP contribution in [0, 0.1) is 0 Å². The van der Waals surface area contributed by atoms with E-state index in [0.29, 0.717) is 0 Å². The van der Waals surface area contributed by atoms with Crippen molar-refractivity contribution < 1.29 is 71.9 Å². The molecule has 0 aromatic carbocycles. The van der Waals surface area contributed by atoms with Crippen LogP contribution in [0.15, 0.2) is 0 Å². The monoisotopic (exact) mass is 420 g/mol. The summed E-state index contributed by atoms with van der Waals surface area (Å²) >= 11 is 0. The fourth-order valence-electron chi connectivity index (χ4n) is 2.02. The van der Waals surface area contributed by atoms with Crippen molar-refractivity contribution in [2.45, 2.75) is 36.6 Å². The summed E-state index contributed by atoms with van der Waals surface area (Å²) in [6.07, 6.45) is -14.3. The van der Waals surface area contributed by atoms with Crippen LogP contribution in [0.1, 0.15) is 0 Å². The SMILES string of the molecule is O=P(O)(O)O[C@H]1[C@H](O)[C@H](OP(=O)(O)O)[C@H](O)[C@@H](OP(=O)(O)O)[C@@H]1O. The van der Waals surface area contributed by atoms with Crippen molar-refractivity contribution in [3.63, 3.8) is 0 Å². The van der Waals surface area contributed by atoms with Crippen molar-refractivity contribution in [1.82, 2.24) is 0 Å². The van der Waals surface area contributed by atoms with Crippen LogP contribution in [0.4, 0.5) is 0 Å². The molecule has 0 atom stereocenters. The van der Waals surface area contributed by atoms with Crippen molar-refractivity contribution in [2.75, 3.05) is 0 Å². The molecule has 15 nitrogen and oxygen atoms in total. The van der Waals surface area contributed by atoms with Crippen LogP contribution >= 0.6 is 23.5 Å². The molecule has 0 unspecified atom stereocenters. The molecule has 0 bridgehead atoms. The molecule has 0 spiro atoms. The van der Waals surface area contributed by atoms with Crippen molar-refractivity contribution >= 4 is 23.5 Å². The van der Waals surface area contributed by atoms with E-state index in [1.54, 1.807) is 0 Å². The Balaban J connectivity index is 3.23. The van der Waals surface area contributed by atoms with Crippen LogP contribution in [0.2, 0.25) is 0 Å². The van der Waals surface area contributed by atoms with Crippen LogP contribution in [0.25, 0.3) is 0 Å². The molecule has 0 radical (unpaired) electrons. The third kappa shape index (κ3) is 6.50. The molecular weight excluding hydrogens is 405 g/mol. The van der Waals surface area contributed by atoms with Gasteiger partial charge in [0.25, 0.3) is 0 Å². The highest BCUT2D eigenvalue weighted by molar-refractivity contribution is 7.46. The first kappa shape index (κ1) is 22.3. The van der Waals surface area contributed by atoms with E-state index in [1.807, 2.05) is 0 Å². The van der Waals surface area contributed by atoms with Crippen LogP contribution in [-0.4, -0.2) is 81.3 Å². The molecule has 0 amide bonds. The minimum absolute atomic E-state index is 2.37. The molecule has 24 heavy (non-hydrogen) atoms. The van der Waals surface area contributed by atoms with E-state index in [1.165, 1.54) is 0 Å². The molecule has 144 valence electrons. The lowest BCUT2D eigenvalue weighted by Crippen LogP contribution is -2.65. The third-order valence-electron chi connectivity index (χ3n) is 2.80. The maximum atomic E-state index is 10.9. The highest BCUT2D eigenvalue weighted by Crippen LogP contribution is 2.48. The number of aliphatic hydroxyl groups excluding tert-OH is 3. The van der Waals surface area contributed by atoms with Gasteiger partial charge in [-0.05, 0) is 0 Å². The van der Waals surface area contributed by atoms with Crippen LogP contribution in [0.3, 0.4) is 0 Å². The lowest BCUT2D eigenvalue weighted by Gasteiger charge is -2.44. The molecule has 18 heteroatoms. The van der Waals surface area contributed by atoms with E-state index in [0.717, 1.165) is 0 Å². The zero-order valence-corrected chi connectivity index (χ0v) is 14.0. The number of hydrogen-bond acceptors (Lipinski definition) is 9. The smallest absolute Gasteiger partial charge is 0.387 e. The lowest BCUT2D eigenvalue weighted by molar-refractivity contribution is -0.212. The van der Waals surface area contributed by atoms with E-state index in [2.05, 4.69) is 13.6 Å². The molecule has 1 rings (SSSR count). The number of hydrogen-bond donors (Lipinski definition) is 9. The Bertz CT molecular complexity index is 481. The zero-order valence-electron chi connectivity index (χ0n) is 11.3. The molecule has 0 aromatic heterocycles. The molecule has 1 saturated carbocycles. The van der Waals surface area contributed by atoms with Crippen molar-refractivity contribution in [2.24, 2.45) is 0 Å². The van der Waals surface area contributed by atoms with Gasteiger partial charge in [-0.2, -0.15) is 0 Å². The molecule has 0 aliphatic heterocycles. The molecule has 0 saturated heterocycles. The normalized spacial score (nSPS) is 35.9. The summed E-state index contributed by atoms with van der Waals surface area (Å²) in [6.45, 7) is 0. The summed E-state index contributed by atoms with van der Waals surface area (Å²) in [4.78, 5) is 52.3. The van der Waals surface area contributed by atoms with E-state index in [-0.39, 0.29) is 0 Å². The fourth-order valence-corrected chi connectivity index (χ4v) is 3.72. The number of phosphoric ester groups is 3. The molecule has 9 N–H and O–H groups in total. The van der Waals surface area contributed by atoms with Crippen molar-refractivity contribution in [3.05, 3.63) is 0 Å². The molecular formula is C6H15O15P3. The van der Waals surface area contributed by atoms with Crippen LogP contribution < -0.4 is 0 Å². The van der Waals surface area contributed by atoms with E-state index >= 15 is 0 Å². The van der Waals surface area contributed by atoms with Gasteiger partial charge in [0.2, 0.25) is 0 Å². The van der Waals surface area contributed by atoms with Gasteiger partial charge in [0.05, 0.1) is 0 Å². The minimum atomic E-state index is -5.38. The van der Waals surface area contributed by atoms with Crippen LogP contribution in [0.5, 0.6) is 0 Å². The van der Waals surface area contributed by atoms with Crippen molar-refractivity contribution in [1.29, 1.82) is 0 Å². The number of aliphatic hydroxyl groups is 3. The van der Waals surface area contributed by atoms with Gasteiger partial charge in [0.15, 0.2) is 0 Å². The Morgan fingerprint density at radius 2 is 0.667 bits per heavy atom. The largest absolute Gasteiger partial charge is 0.470 e. The lowest BCUT2D eigenvalue weighted by atomic mass is 9.85. The summed E-state index contributed by atoms with van der Waals surface area (Å²) in [5, 5.41) is 29.4. The summed E-state index contributed by atoms with van der Waals surface area (Å²) < 4.78 is 44.7. The van der Waals surface area contributed by atoms with Crippen LogP contribution in [-0.2, 0) is 27.3 Å². The second-order valence-electron chi connectivity index (χ2n) is 4.65. The molecule has 0 heterocycles. The maximum absolute atomic E-state index is 10.9. The molecule has 1 aliphatic rings. The van der Waals surface area contributed by atoms with Crippen molar-refractivity contribution in [3.8, 4) is 0 Å². The fraction of sp³-hybridized carbons (Fsp3) is 1.00. The second-order valence-corrected chi connectivity index (χ2v) is 8.23. The Hall–Kier alpha value is 0.210. The van der Waals surface area contributed by atoms with Gasteiger partial charge < -0.3 is 44.7 Å². The van der Waals surface area contributed by atoms with Gasteiger partial charge in [0, 0.05) is 0 Å². The average Bonchev–Trinajstić information content (AvgIpc) is 2.32. The number of rotatable bonds is 6. The predicted octanol–water partition coefficient (Wildman–Crippen LogP) is -3.48. The topological polar surface area (TPSA) is 261 Å². The Morgan fingerprint density at radius 1 is 0.500 bits per heavy atom. The van der Waals surface area contributed by atoms with E-state index in [9.17, 15) is 29.0 Å². The Labute approximate surface area is 133 Å². The summed E-state index contributed by atoms with van der Waals surface area (Å²) in [5.74, 6) is 0. The predicted molar refractivity (Wildman–Crippen MR) is 68.8 cm³/mol. The minimum Gasteiger partial charge on any atom is -0.387 e. The summed E-state index contributed by atoms with van der Waals surface area (Å²) in [6, 6.07) is 0. The second kappa shape index (κ2) is 7.45. The first-order valence-corrected chi connectivity index (χ1v) is 10.4. The Kier molecular flexibility index (Phi) is 6.90. The summed E-state index contributed by atoms with van der Waals surface area (Å²) in [5.41, 5.74) is 0. The van der Waals surface area contributed by atoms with Gasteiger partial charge in [-0.15, -0.1) is 0 Å². The average molecular weight is 420 g/mol.